The Labute approximate surface area is 112 Å². The molecule has 0 amide bonds. The Kier molecular flexibility index (Phi) is 11.2. The number of unbranched alkanes of at least 4 members (excludes halogenated alkanes) is 7. The van der Waals surface area contributed by atoms with E-state index in [0.717, 1.165) is 13.0 Å². The first-order chi connectivity index (χ1) is 8.59. The SMILES string of the molecule is CCCCCCCCCCNC(C(=O)O)C(C)C. The fraction of sp³-hybridized carbons (Fsp3) is 0.933. The first kappa shape index (κ1) is 17.4. The minimum Gasteiger partial charge on any atom is -0.480 e. The maximum Gasteiger partial charge on any atom is 0.320 e. The summed E-state index contributed by atoms with van der Waals surface area (Å²) in [6.45, 7) is 6.95. The summed E-state index contributed by atoms with van der Waals surface area (Å²) in [5.74, 6) is -0.582. The van der Waals surface area contributed by atoms with Gasteiger partial charge in [-0.05, 0) is 18.9 Å². The average molecular weight is 257 g/mol. The summed E-state index contributed by atoms with van der Waals surface area (Å²) in [5.41, 5.74) is 0. The van der Waals surface area contributed by atoms with Gasteiger partial charge >= 0.3 is 5.97 Å². The van der Waals surface area contributed by atoms with Crippen LogP contribution >= 0.6 is 0 Å². The molecule has 1 unspecified atom stereocenters. The second-order valence-electron chi connectivity index (χ2n) is 5.49. The van der Waals surface area contributed by atoms with E-state index in [4.69, 9.17) is 5.11 Å². The number of carbonyl (C=O) groups is 1. The molecule has 0 aliphatic rings. The van der Waals surface area contributed by atoms with Crippen LogP contribution in [-0.2, 0) is 4.79 Å². The van der Waals surface area contributed by atoms with Gasteiger partial charge in [-0.15, -0.1) is 0 Å². The van der Waals surface area contributed by atoms with E-state index in [9.17, 15) is 4.79 Å². The first-order valence-corrected chi connectivity index (χ1v) is 7.55. The summed E-state index contributed by atoms with van der Waals surface area (Å²) in [6.07, 6.45) is 10.3. The van der Waals surface area contributed by atoms with Crippen molar-refractivity contribution >= 4 is 5.97 Å². The standard InChI is InChI=1S/C15H31NO2/c1-4-5-6-7-8-9-10-11-12-16-14(13(2)3)15(17)18/h13-14,16H,4-12H2,1-3H3,(H,17,18). The topological polar surface area (TPSA) is 49.3 Å². The van der Waals surface area contributed by atoms with Crippen molar-refractivity contribution in [2.45, 2.75) is 78.2 Å². The lowest BCUT2D eigenvalue weighted by Crippen LogP contribution is -2.41. The molecule has 3 nitrogen and oxygen atoms in total. The van der Waals surface area contributed by atoms with Gasteiger partial charge in [-0.25, -0.2) is 0 Å². The van der Waals surface area contributed by atoms with Gasteiger partial charge in [-0.1, -0.05) is 65.7 Å². The molecule has 3 heteroatoms. The Morgan fingerprint density at radius 3 is 1.94 bits per heavy atom. The van der Waals surface area contributed by atoms with Gasteiger partial charge in [0.25, 0.3) is 0 Å². The Balaban J connectivity index is 3.36. The van der Waals surface area contributed by atoms with Crippen LogP contribution in [0.5, 0.6) is 0 Å². The lowest BCUT2D eigenvalue weighted by atomic mass is 10.0. The molecule has 0 heterocycles. The molecule has 0 radical (unpaired) electrons. The molecule has 0 aromatic rings. The molecule has 18 heavy (non-hydrogen) atoms. The van der Waals surface area contributed by atoms with Crippen LogP contribution in [0.4, 0.5) is 0 Å². The number of nitrogens with one attached hydrogen (secondary N) is 1. The van der Waals surface area contributed by atoms with Crippen LogP contribution in [0.1, 0.15) is 72.1 Å². The van der Waals surface area contributed by atoms with Crippen molar-refractivity contribution < 1.29 is 9.90 Å². The Hall–Kier alpha value is -0.570. The number of carboxylic acid groups (broad SMARTS) is 1. The van der Waals surface area contributed by atoms with Crippen LogP contribution in [0.3, 0.4) is 0 Å². The fourth-order valence-electron chi connectivity index (χ4n) is 2.12. The highest BCUT2D eigenvalue weighted by Gasteiger charge is 2.19. The number of rotatable bonds is 12. The van der Waals surface area contributed by atoms with E-state index < -0.39 is 12.0 Å². The Morgan fingerprint density at radius 2 is 1.50 bits per heavy atom. The van der Waals surface area contributed by atoms with E-state index in [1.165, 1.54) is 44.9 Å². The molecule has 0 saturated carbocycles. The zero-order valence-corrected chi connectivity index (χ0v) is 12.4. The van der Waals surface area contributed by atoms with Gasteiger partial charge in [0.2, 0.25) is 0 Å². The third-order valence-electron chi connectivity index (χ3n) is 3.33. The second-order valence-corrected chi connectivity index (χ2v) is 5.49. The summed E-state index contributed by atoms with van der Waals surface area (Å²) in [6, 6.07) is -0.394. The van der Waals surface area contributed by atoms with Crippen LogP contribution in [0, 0.1) is 5.92 Å². The maximum atomic E-state index is 10.9. The fourth-order valence-corrected chi connectivity index (χ4v) is 2.12. The van der Waals surface area contributed by atoms with Gasteiger partial charge in [0.15, 0.2) is 0 Å². The number of hydrogen-bond donors (Lipinski definition) is 2. The Bertz CT molecular complexity index is 205. The largest absolute Gasteiger partial charge is 0.480 e. The molecule has 1 atom stereocenters. The predicted molar refractivity (Wildman–Crippen MR) is 76.9 cm³/mol. The minimum atomic E-state index is -0.732. The molecular weight excluding hydrogens is 226 g/mol. The molecule has 0 bridgehead atoms. The summed E-state index contributed by atoms with van der Waals surface area (Å²) >= 11 is 0. The monoisotopic (exact) mass is 257 g/mol. The van der Waals surface area contributed by atoms with Crippen LogP contribution in [0.15, 0.2) is 0 Å². The second kappa shape index (κ2) is 11.5. The third-order valence-corrected chi connectivity index (χ3v) is 3.33. The highest BCUT2D eigenvalue weighted by molar-refractivity contribution is 5.73. The lowest BCUT2D eigenvalue weighted by Gasteiger charge is -2.17. The molecule has 0 spiro atoms. The van der Waals surface area contributed by atoms with E-state index in [0.29, 0.717) is 0 Å². The van der Waals surface area contributed by atoms with Crippen molar-refractivity contribution in [3.8, 4) is 0 Å². The molecule has 0 aromatic heterocycles. The van der Waals surface area contributed by atoms with Crippen LogP contribution in [0.2, 0.25) is 0 Å². The molecule has 0 aliphatic carbocycles. The zero-order valence-electron chi connectivity index (χ0n) is 12.4. The van der Waals surface area contributed by atoms with Gasteiger partial charge in [0.05, 0.1) is 0 Å². The summed E-state index contributed by atoms with van der Waals surface area (Å²) in [7, 11) is 0. The van der Waals surface area contributed by atoms with Gasteiger partial charge in [0.1, 0.15) is 6.04 Å². The van der Waals surface area contributed by atoms with Crippen molar-refractivity contribution in [2.24, 2.45) is 5.92 Å². The smallest absolute Gasteiger partial charge is 0.320 e. The predicted octanol–water partition coefficient (Wildman–Crippen LogP) is 3.83. The zero-order chi connectivity index (χ0) is 13.8. The highest BCUT2D eigenvalue weighted by Crippen LogP contribution is 2.08. The van der Waals surface area contributed by atoms with Crippen LogP contribution in [-0.4, -0.2) is 23.7 Å². The van der Waals surface area contributed by atoms with Gasteiger partial charge in [-0.3, -0.25) is 4.79 Å². The van der Waals surface area contributed by atoms with E-state index >= 15 is 0 Å². The molecule has 0 fully saturated rings. The third kappa shape index (κ3) is 9.46. The quantitative estimate of drug-likeness (QED) is 0.522. The van der Waals surface area contributed by atoms with Gasteiger partial charge in [-0.2, -0.15) is 0 Å². The molecular formula is C15H31NO2. The van der Waals surface area contributed by atoms with Crippen molar-refractivity contribution in [1.82, 2.24) is 5.32 Å². The van der Waals surface area contributed by atoms with E-state index in [2.05, 4.69) is 12.2 Å². The summed E-state index contributed by atoms with van der Waals surface area (Å²) in [4.78, 5) is 10.9. The molecule has 0 aliphatic heterocycles. The van der Waals surface area contributed by atoms with Crippen LogP contribution in [0.25, 0.3) is 0 Å². The summed E-state index contributed by atoms with van der Waals surface area (Å²) < 4.78 is 0. The molecule has 0 aromatic carbocycles. The molecule has 2 N–H and O–H groups in total. The van der Waals surface area contributed by atoms with E-state index in [1.807, 2.05) is 13.8 Å². The molecule has 0 rings (SSSR count). The number of hydrogen-bond acceptors (Lipinski definition) is 2. The summed E-state index contributed by atoms with van der Waals surface area (Å²) in [5, 5.41) is 12.1. The maximum absolute atomic E-state index is 10.9. The normalized spacial score (nSPS) is 12.9. The van der Waals surface area contributed by atoms with Crippen molar-refractivity contribution in [3.63, 3.8) is 0 Å². The average Bonchev–Trinajstić information content (AvgIpc) is 2.30. The first-order valence-electron chi connectivity index (χ1n) is 7.55. The van der Waals surface area contributed by atoms with Gasteiger partial charge in [0, 0.05) is 0 Å². The lowest BCUT2D eigenvalue weighted by molar-refractivity contribution is -0.140. The minimum absolute atomic E-state index is 0.150. The van der Waals surface area contributed by atoms with Crippen molar-refractivity contribution in [2.75, 3.05) is 6.54 Å². The molecule has 0 saturated heterocycles. The van der Waals surface area contributed by atoms with E-state index in [-0.39, 0.29) is 5.92 Å². The van der Waals surface area contributed by atoms with Gasteiger partial charge < -0.3 is 10.4 Å². The van der Waals surface area contributed by atoms with Crippen molar-refractivity contribution in [1.29, 1.82) is 0 Å². The van der Waals surface area contributed by atoms with Crippen LogP contribution < -0.4 is 5.32 Å². The van der Waals surface area contributed by atoms with E-state index in [1.54, 1.807) is 0 Å². The number of carboxylic acids is 1. The Morgan fingerprint density at radius 1 is 1.00 bits per heavy atom. The highest BCUT2D eigenvalue weighted by atomic mass is 16.4. The van der Waals surface area contributed by atoms with Crippen molar-refractivity contribution in [3.05, 3.63) is 0 Å². The number of aliphatic carboxylic acids is 1. The molecule has 108 valence electrons.